The van der Waals surface area contributed by atoms with E-state index in [0.717, 1.165) is 17.7 Å². The summed E-state index contributed by atoms with van der Waals surface area (Å²) in [4.78, 5) is 7.18. The molecule has 1 aromatic heterocycles. The van der Waals surface area contributed by atoms with E-state index in [4.69, 9.17) is 4.74 Å². The zero-order chi connectivity index (χ0) is 10.7. The Morgan fingerprint density at radius 3 is 3.00 bits per heavy atom. The lowest BCUT2D eigenvalue weighted by Gasteiger charge is -2.03. The highest BCUT2D eigenvalue weighted by molar-refractivity contribution is 5.65. The number of rotatable bonds is 3. The number of methoxy groups -OCH3 is 1. The predicted octanol–water partition coefficient (Wildman–Crippen LogP) is 2.65. The molecule has 3 heteroatoms. The van der Waals surface area contributed by atoms with E-state index in [1.165, 1.54) is 5.56 Å². The van der Waals surface area contributed by atoms with Gasteiger partial charge in [0.05, 0.1) is 13.4 Å². The van der Waals surface area contributed by atoms with Gasteiger partial charge in [0, 0.05) is 5.56 Å². The Morgan fingerprint density at radius 1 is 1.40 bits per heavy atom. The van der Waals surface area contributed by atoms with Crippen LogP contribution in [0.1, 0.15) is 12.5 Å². The van der Waals surface area contributed by atoms with Crippen LogP contribution in [0.25, 0.3) is 11.3 Å². The fourth-order valence-electron chi connectivity index (χ4n) is 1.59. The van der Waals surface area contributed by atoms with Crippen LogP contribution in [0.3, 0.4) is 0 Å². The van der Waals surface area contributed by atoms with Crippen LogP contribution < -0.4 is 4.74 Å². The molecule has 3 nitrogen and oxygen atoms in total. The lowest BCUT2D eigenvalue weighted by Crippen LogP contribution is -1.87. The van der Waals surface area contributed by atoms with Gasteiger partial charge in [-0.2, -0.15) is 0 Å². The van der Waals surface area contributed by atoms with Crippen molar-refractivity contribution < 1.29 is 4.74 Å². The van der Waals surface area contributed by atoms with Crippen molar-refractivity contribution in [1.82, 2.24) is 9.97 Å². The first kappa shape index (κ1) is 9.77. The fraction of sp³-hybridized carbons (Fsp3) is 0.250. The number of hydrogen-bond donors (Lipinski definition) is 1. The van der Waals surface area contributed by atoms with Crippen LogP contribution in [0, 0.1) is 0 Å². The molecule has 2 rings (SSSR count). The molecule has 0 radical (unpaired) electrons. The minimum Gasteiger partial charge on any atom is -0.479 e. The fourth-order valence-corrected chi connectivity index (χ4v) is 1.59. The Bertz CT molecular complexity index is 448. The van der Waals surface area contributed by atoms with Crippen LogP contribution in [0.4, 0.5) is 0 Å². The summed E-state index contributed by atoms with van der Waals surface area (Å²) in [6.07, 6.45) is 2.68. The van der Waals surface area contributed by atoms with Crippen molar-refractivity contribution in [2.45, 2.75) is 13.3 Å². The van der Waals surface area contributed by atoms with Gasteiger partial charge in [-0.3, -0.25) is 0 Å². The number of aromatic nitrogens is 2. The Hall–Kier alpha value is -1.77. The predicted molar refractivity (Wildman–Crippen MR) is 60.0 cm³/mol. The third-order valence-electron chi connectivity index (χ3n) is 2.42. The van der Waals surface area contributed by atoms with Gasteiger partial charge in [-0.1, -0.05) is 25.1 Å². The summed E-state index contributed by atoms with van der Waals surface area (Å²) in [5, 5.41) is 0. The van der Waals surface area contributed by atoms with Crippen LogP contribution in [0.2, 0.25) is 0 Å². The third-order valence-corrected chi connectivity index (χ3v) is 2.42. The van der Waals surface area contributed by atoms with Gasteiger partial charge in [0.15, 0.2) is 0 Å². The van der Waals surface area contributed by atoms with Gasteiger partial charge in [-0.25, -0.2) is 4.98 Å². The standard InChI is InChI=1S/C12H14N2O/c1-3-9-5-4-6-10(7-9)11-12(15-2)14-8-13-11/h4-8H,3H2,1-2H3,(H,13,14). The molecule has 0 aliphatic carbocycles. The lowest BCUT2D eigenvalue weighted by molar-refractivity contribution is 0.402. The number of nitrogens with one attached hydrogen (secondary N) is 1. The minimum absolute atomic E-state index is 0.642. The summed E-state index contributed by atoms with van der Waals surface area (Å²) < 4.78 is 5.17. The largest absolute Gasteiger partial charge is 0.479 e. The van der Waals surface area contributed by atoms with Crippen molar-refractivity contribution in [2.24, 2.45) is 0 Å². The maximum Gasteiger partial charge on any atom is 0.239 e. The van der Waals surface area contributed by atoms with E-state index < -0.39 is 0 Å². The lowest BCUT2D eigenvalue weighted by atomic mass is 10.1. The van der Waals surface area contributed by atoms with Crippen LogP contribution in [-0.4, -0.2) is 17.1 Å². The topological polar surface area (TPSA) is 37.9 Å². The normalized spacial score (nSPS) is 10.3. The highest BCUT2D eigenvalue weighted by atomic mass is 16.5. The van der Waals surface area contributed by atoms with Gasteiger partial charge < -0.3 is 9.72 Å². The first-order valence-corrected chi connectivity index (χ1v) is 5.01. The van der Waals surface area contributed by atoms with Crippen molar-refractivity contribution >= 4 is 0 Å². The molecule has 0 spiro atoms. The minimum atomic E-state index is 0.642. The van der Waals surface area contributed by atoms with Crippen LogP contribution >= 0.6 is 0 Å². The number of aryl methyl sites for hydroxylation is 1. The molecule has 0 saturated heterocycles. The average Bonchev–Trinajstić information content (AvgIpc) is 2.77. The second kappa shape index (κ2) is 4.17. The van der Waals surface area contributed by atoms with E-state index in [1.54, 1.807) is 13.4 Å². The van der Waals surface area contributed by atoms with Gasteiger partial charge in [-0.05, 0) is 18.1 Å². The second-order valence-electron chi connectivity index (χ2n) is 3.34. The molecule has 15 heavy (non-hydrogen) atoms. The van der Waals surface area contributed by atoms with Crippen LogP contribution in [0.15, 0.2) is 30.6 Å². The molecule has 2 aromatic rings. The van der Waals surface area contributed by atoms with Gasteiger partial charge in [0.2, 0.25) is 5.88 Å². The molecule has 0 amide bonds. The molecular weight excluding hydrogens is 188 g/mol. The van der Waals surface area contributed by atoms with Crippen LogP contribution in [-0.2, 0) is 6.42 Å². The van der Waals surface area contributed by atoms with Crippen molar-refractivity contribution in [3.05, 3.63) is 36.2 Å². The zero-order valence-corrected chi connectivity index (χ0v) is 8.95. The highest BCUT2D eigenvalue weighted by Crippen LogP contribution is 2.26. The Labute approximate surface area is 89.1 Å². The van der Waals surface area contributed by atoms with Gasteiger partial charge in [-0.15, -0.1) is 0 Å². The molecule has 0 atom stereocenters. The molecule has 0 bridgehead atoms. The van der Waals surface area contributed by atoms with E-state index in [2.05, 4.69) is 41.2 Å². The first-order valence-electron chi connectivity index (χ1n) is 5.01. The molecule has 1 N–H and O–H groups in total. The van der Waals surface area contributed by atoms with E-state index in [9.17, 15) is 0 Å². The Balaban J connectivity index is 2.44. The maximum atomic E-state index is 5.17. The van der Waals surface area contributed by atoms with E-state index in [0.29, 0.717) is 5.88 Å². The molecule has 0 aliphatic heterocycles. The Morgan fingerprint density at radius 2 is 2.27 bits per heavy atom. The highest BCUT2D eigenvalue weighted by Gasteiger charge is 2.07. The summed E-state index contributed by atoms with van der Waals surface area (Å²) in [5.74, 6) is 0.642. The monoisotopic (exact) mass is 202 g/mol. The molecule has 1 aromatic carbocycles. The molecule has 0 unspecified atom stereocenters. The Kier molecular flexibility index (Phi) is 2.72. The number of ether oxygens (including phenoxy) is 1. The van der Waals surface area contributed by atoms with Crippen molar-refractivity contribution in [2.75, 3.05) is 7.11 Å². The molecule has 0 fully saturated rings. The summed E-state index contributed by atoms with van der Waals surface area (Å²) in [6, 6.07) is 8.37. The molecular formula is C12H14N2O. The van der Waals surface area contributed by atoms with E-state index in [-0.39, 0.29) is 0 Å². The number of imidazole rings is 1. The number of benzene rings is 1. The zero-order valence-electron chi connectivity index (χ0n) is 8.95. The van der Waals surface area contributed by atoms with Gasteiger partial charge >= 0.3 is 0 Å². The quantitative estimate of drug-likeness (QED) is 0.830. The molecule has 1 heterocycles. The summed E-state index contributed by atoms with van der Waals surface area (Å²) in [6.45, 7) is 2.14. The second-order valence-corrected chi connectivity index (χ2v) is 3.34. The maximum absolute atomic E-state index is 5.17. The number of H-pyrrole nitrogens is 1. The third kappa shape index (κ3) is 1.86. The average molecular weight is 202 g/mol. The SMILES string of the molecule is CCc1cccc(-c2[nH]cnc2OC)c1. The molecule has 78 valence electrons. The smallest absolute Gasteiger partial charge is 0.239 e. The number of aromatic amines is 1. The van der Waals surface area contributed by atoms with E-state index in [1.807, 2.05) is 0 Å². The van der Waals surface area contributed by atoms with Crippen molar-refractivity contribution in [1.29, 1.82) is 0 Å². The number of nitrogens with zero attached hydrogens (tertiary/aromatic N) is 1. The summed E-state index contributed by atoms with van der Waals surface area (Å²) in [7, 11) is 1.63. The van der Waals surface area contributed by atoms with Gasteiger partial charge in [0.25, 0.3) is 0 Å². The first-order chi connectivity index (χ1) is 7.35. The molecule has 0 aliphatic rings. The van der Waals surface area contributed by atoms with Crippen molar-refractivity contribution in [3.63, 3.8) is 0 Å². The van der Waals surface area contributed by atoms with Crippen molar-refractivity contribution in [3.8, 4) is 17.1 Å². The van der Waals surface area contributed by atoms with E-state index >= 15 is 0 Å². The summed E-state index contributed by atoms with van der Waals surface area (Å²) >= 11 is 0. The van der Waals surface area contributed by atoms with Crippen LogP contribution in [0.5, 0.6) is 5.88 Å². The number of hydrogen-bond acceptors (Lipinski definition) is 2. The summed E-state index contributed by atoms with van der Waals surface area (Å²) in [5.41, 5.74) is 3.36. The molecule has 0 saturated carbocycles. The van der Waals surface area contributed by atoms with Gasteiger partial charge in [0.1, 0.15) is 5.69 Å².